The van der Waals surface area contributed by atoms with E-state index in [0.717, 1.165) is 29.2 Å². The van der Waals surface area contributed by atoms with E-state index in [1.807, 2.05) is 37.4 Å². The summed E-state index contributed by atoms with van der Waals surface area (Å²) in [6.07, 6.45) is 2.74. The average Bonchev–Trinajstić information content (AvgIpc) is 2.91. The van der Waals surface area contributed by atoms with Gasteiger partial charge in [0.15, 0.2) is 5.82 Å². The van der Waals surface area contributed by atoms with Gasteiger partial charge in [-0.05, 0) is 25.0 Å². The first-order chi connectivity index (χ1) is 10.8. The highest BCUT2D eigenvalue weighted by Crippen LogP contribution is 2.22. The molecule has 2 N–H and O–H groups in total. The van der Waals surface area contributed by atoms with Crippen LogP contribution in [0.3, 0.4) is 0 Å². The van der Waals surface area contributed by atoms with Gasteiger partial charge in [-0.3, -0.25) is 0 Å². The summed E-state index contributed by atoms with van der Waals surface area (Å²) in [7, 11) is 0. The van der Waals surface area contributed by atoms with Crippen molar-refractivity contribution in [3.63, 3.8) is 0 Å². The van der Waals surface area contributed by atoms with Gasteiger partial charge in [0.25, 0.3) is 0 Å². The van der Waals surface area contributed by atoms with E-state index in [4.69, 9.17) is 5.11 Å². The van der Waals surface area contributed by atoms with Crippen LogP contribution in [0.25, 0.3) is 11.0 Å². The molecule has 0 aliphatic heterocycles. The Labute approximate surface area is 129 Å². The molecule has 0 saturated heterocycles. The van der Waals surface area contributed by atoms with Gasteiger partial charge in [-0.1, -0.05) is 30.3 Å². The Bertz CT molecular complexity index is 752. The minimum atomic E-state index is 0.172. The molecule has 2 aromatic heterocycles. The summed E-state index contributed by atoms with van der Waals surface area (Å²) in [4.78, 5) is 9.03. The highest BCUT2D eigenvalue weighted by atomic mass is 16.3. The third kappa shape index (κ3) is 3.09. The van der Waals surface area contributed by atoms with E-state index in [0.29, 0.717) is 13.0 Å². The summed E-state index contributed by atoms with van der Waals surface area (Å²) in [6, 6.07) is 12.3. The van der Waals surface area contributed by atoms with Gasteiger partial charge in [0.05, 0.1) is 5.52 Å². The number of aryl methyl sites for hydroxylation is 1. The summed E-state index contributed by atoms with van der Waals surface area (Å²) >= 11 is 0. The number of aromatic nitrogens is 3. The Balaban J connectivity index is 1.96. The van der Waals surface area contributed by atoms with Crippen molar-refractivity contribution in [2.45, 2.75) is 19.9 Å². The maximum Gasteiger partial charge on any atom is 0.154 e. The zero-order valence-electron chi connectivity index (χ0n) is 12.7. The molecule has 3 aromatic rings. The van der Waals surface area contributed by atoms with Gasteiger partial charge >= 0.3 is 0 Å². The third-order valence-corrected chi connectivity index (χ3v) is 3.55. The number of hydrogen-bond donors (Lipinski definition) is 2. The first-order valence-corrected chi connectivity index (χ1v) is 7.50. The van der Waals surface area contributed by atoms with Crippen molar-refractivity contribution in [2.24, 2.45) is 0 Å². The van der Waals surface area contributed by atoms with E-state index >= 15 is 0 Å². The number of aliphatic hydroxyl groups excluding tert-OH is 1. The first kappa shape index (κ1) is 14.5. The second-order valence-electron chi connectivity index (χ2n) is 5.29. The molecule has 5 nitrogen and oxygen atoms in total. The molecule has 0 fully saturated rings. The number of rotatable bonds is 6. The molecule has 0 amide bonds. The second kappa shape index (κ2) is 6.58. The fraction of sp³-hybridized carbons (Fsp3) is 0.294. The molecule has 0 aliphatic rings. The standard InChI is InChI=1S/C17H20N4O/c1-13-19-15-8-10-21(12-14-6-3-2-4-7-14)16(15)17(20-13)18-9-5-11-22/h2-4,6-8,10,22H,5,9,11-12H2,1H3,(H,18,19,20). The fourth-order valence-corrected chi connectivity index (χ4v) is 2.54. The molecule has 0 unspecified atom stereocenters. The van der Waals surface area contributed by atoms with Gasteiger partial charge in [0.1, 0.15) is 11.3 Å². The van der Waals surface area contributed by atoms with Crippen LogP contribution in [0.15, 0.2) is 42.6 Å². The molecule has 22 heavy (non-hydrogen) atoms. The van der Waals surface area contributed by atoms with Crippen LogP contribution in [0.4, 0.5) is 5.82 Å². The van der Waals surface area contributed by atoms with E-state index < -0.39 is 0 Å². The van der Waals surface area contributed by atoms with Crippen LogP contribution in [0.1, 0.15) is 17.8 Å². The molecular weight excluding hydrogens is 276 g/mol. The number of hydrogen-bond acceptors (Lipinski definition) is 4. The molecular formula is C17H20N4O. The molecule has 0 aliphatic carbocycles. The van der Waals surface area contributed by atoms with Crippen molar-refractivity contribution in [3.8, 4) is 0 Å². The van der Waals surface area contributed by atoms with Crippen molar-refractivity contribution in [1.29, 1.82) is 0 Å². The predicted molar refractivity (Wildman–Crippen MR) is 88.0 cm³/mol. The maximum absolute atomic E-state index is 8.94. The number of fused-ring (bicyclic) bond motifs is 1. The van der Waals surface area contributed by atoms with Crippen LogP contribution in [0.2, 0.25) is 0 Å². The maximum atomic E-state index is 8.94. The quantitative estimate of drug-likeness (QED) is 0.686. The first-order valence-electron chi connectivity index (χ1n) is 7.50. The number of benzene rings is 1. The third-order valence-electron chi connectivity index (χ3n) is 3.55. The van der Waals surface area contributed by atoms with E-state index in [-0.39, 0.29) is 6.61 Å². The van der Waals surface area contributed by atoms with Crippen molar-refractivity contribution in [2.75, 3.05) is 18.5 Å². The number of aliphatic hydroxyl groups is 1. The number of nitrogens with one attached hydrogen (secondary N) is 1. The summed E-state index contributed by atoms with van der Waals surface area (Å²) in [6.45, 7) is 3.54. The SMILES string of the molecule is Cc1nc(NCCCO)c2c(ccn2Cc2ccccc2)n1. The van der Waals surface area contributed by atoms with Crippen molar-refractivity contribution in [3.05, 3.63) is 54.0 Å². The van der Waals surface area contributed by atoms with Crippen LogP contribution < -0.4 is 5.32 Å². The summed E-state index contributed by atoms with van der Waals surface area (Å²) in [5.74, 6) is 1.58. The van der Waals surface area contributed by atoms with Crippen molar-refractivity contribution in [1.82, 2.24) is 14.5 Å². The summed E-state index contributed by atoms with van der Waals surface area (Å²) in [5.41, 5.74) is 3.18. The van der Waals surface area contributed by atoms with Crippen LogP contribution in [0.5, 0.6) is 0 Å². The molecule has 0 spiro atoms. The molecule has 0 atom stereocenters. The lowest BCUT2D eigenvalue weighted by molar-refractivity contribution is 0.292. The molecule has 5 heteroatoms. The lowest BCUT2D eigenvalue weighted by Gasteiger charge is -2.11. The van der Waals surface area contributed by atoms with Crippen molar-refractivity contribution < 1.29 is 5.11 Å². The fourth-order valence-electron chi connectivity index (χ4n) is 2.54. The van der Waals surface area contributed by atoms with Gasteiger partial charge < -0.3 is 15.0 Å². The zero-order chi connectivity index (χ0) is 15.4. The smallest absolute Gasteiger partial charge is 0.154 e. The van der Waals surface area contributed by atoms with Gasteiger partial charge in [0, 0.05) is 25.9 Å². The molecule has 0 saturated carbocycles. The van der Waals surface area contributed by atoms with E-state index in [2.05, 4.69) is 32.0 Å². The summed E-state index contributed by atoms with van der Waals surface area (Å²) in [5, 5.41) is 12.3. The largest absolute Gasteiger partial charge is 0.396 e. The average molecular weight is 296 g/mol. The Morgan fingerprint density at radius 1 is 1.14 bits per heavy atom. The van der Waals surface area contributed by atoms with E-state index in [1.165, 1.54) is 5.56 Å². The molecule has 2 heterocycles. The number of anilines is 1. The van der Waals surface area contributed by atoms with Gasteiger partial charge in [0.2, 0.25) is 0 Å². The Kier molecular flexibility index (Phi) is 4.34. The monoisotopic (exact) mass is 296 g/mol. The predicted octanol–water partition coefficient (Wildman–Crippen LogP) is 2.58. The van der Waals surface area contributed by atoms with Gasteiger partial charge in [-0.15, -0.1) is 0 Å². The topological polar surface area (TPSA) is 63.0 Å². The normalized spacial score (nSPS) is 11.0. The molecule has 1 aromatic carbocycles. The minimum Gasteiger partial charge on any atom is -0.396 e. The Hall–Kier alpha value is -2.40. The molecule has 0 bridgehead atoms. The van der Waals surface area contributed by atoms with Crippen LogP contribution in [-0.2, 0) is 6.54 Å². The highest BCUT2D eigenvalue weighted by molar-refractivity contribution is 5.86. The summed E-state index contributed by atoms with van der Waals surface area (Å²) < 4.78 is 2.16. The Morgan fingerprint density at radius 3 is 2.73 bits per heavy atom. The minimum absolute atomic E-state index is 0.172. The lowest BCUT2D eigenvalue weighted by Crippen LogP contribution is -2.09. The Morgan fingerprint density at radius 2 is 1.95 bits per heavy atom. The van der Waals surface area contributed by atoms with Crippen LogP contribution in [-0.4, -0.2) is 32.8 Å². The molecule has 114 valence electrons. The van der Waals surface area contributed by atoms with E-state index in [9.17, 15) is 0 Å². The molecule has 0 radical (unpaired) electrons. The lowest BCUT2D eigenvalue weighted by atomic mass is 10.2. The van der Waals surface area contributed by atoms with E-state index in [1.54, 1.807) is 0 Å². The second-order valence-corrected chi connectivity index (χ2v) is 5.29. The highest BCUT2D eigenvalue weighted by Gasteiger charge is 2.11. The van der Waals surface area contributed by atoms with Crippen molar-refractivity contribution >= 4 is 16.9 Å². The van der Waals surface area contributed by atoms with Gasteiger partial charge in [-0.25, -0.2) is 9.97 Å². The molecule has 3 rings (SSSR count). The number of nitrogens with zero attached hydrogens (tertiary/aromatic N) is 3. The van der Waals surface area contributed by atoms with Crippen LogP contribution >= 0.6 is 0 Å². The van der Waals surface area contributed by atoms with Crippen LogP contribution in [0, 0.1) is 6.92 Å². The van der Waals surface area contributed by atoms with Gasteiger partial charge in [-0.2, -0.15) is 0 Å². The zero-order valence-corrected chi connectivity index (χ0v) is 12.7.